The van der Waals surface area contributed by atoms with Crippen LogP contribution in [0.1, 0.15) is 5.56 Å². The van der Waals surface area contributed by atoms with Crippen LogP contribution in [0.2, 0.25) is 0 Å². The van der Waals surface area contributed by atoms with E-state index in [4.69, 9.17) is 0 Å². The molecule has 0 saturated heterocycles. The number of sulfone groups is 1. The normalized spacial score (nSPS) is 12.1. The second-order valence-corrected chi connectivity index (χ2v) is 9.75. The zero-order valence-electron chi connectivity index (χ0n) is 16.8. The molecule has 1 N–H and O–H groups in total. The summed E-state index contributed by atoms with van der Waals surface area (Å²) in [4.78, 5) is 11.9. The van der Waals surface area contributed by atoms with Crippen molar-refractivity contribution in [1.82, 2.24) is 24.7 Å². The highest BCUT2D eigenvalue weighted by Gasteiger charge is 2.18. The van der Waals surface area contributed by atoms with Crippen LogP contribution in [0, 0.1) is 5.82 Å². The Bertz CT molecular complexity index is 1550. The molecular formula is C22H18FN5O2S. The van der Waals surface area contributed by atoms with Crippen molar-refractivity contribution in [2.75, 3.05) is 6.26 Å². The van der Waals surface area contributed by atoms with Gasteiger partial charge in [0.2, 0.25) is 0 Å². The van der Waals surface area contributed by atoms with Gasteiger partial charge in [-0.1, -0.05) is 24.3 Å². The first-order valence-corrected chi connectivity index (χ1v) is 11.6. The minimum Gasteiger partial charge on any atom is -0.338 e. The highest BCUT2D eigenvalue weighted by Crippen LogP contribution is 2.36. The van der Waals surface area contributed by atoms with Gasteiger partial charge >= 0.3 is 0 Å². The predicted molar refractivity (Wildman–Crippen MR) is 118 cm³/mol. The van der Waals surface area contributed by atoms with Gasteiger partial charge in [-0.25, -0.2) is 17.8 Å². The van der Waals surface area contributed by atoms with Gasteiger partial charge in [0.15, 0.2) is 9.84 Å². The predicted octanol–water partition coefficient (Wildman–Crippen LogP) is 3.86. The summed E-state index contributed by atoms with van der Waals surface area (Å²) in [7, 11) is -1.32. The van der Waals surface area contributed by atoms with Crippen molar-refractivity contribution in [3.05, 3.63) is 66.5 Å². The standard InChI is InChI=1S/C22H18FN5O2S/c1-28-11-15(8-26-28)18-7-16-19(10-24-18)27-22-21(16)20(17(23)9-25-22)14-5-3-13(4-6-14)12-31(2,29)30/h3-11H,12H2,1-2H3,(H,25,27). The van der Waals surface area contributed by atoms with Crippen molar-refractivity contribution in [2.24, 2.45) is 7.05 Å². The molecule has 0 fully saturated rings. The van der Waals surface area contributed by atoms with Crippen molar-refractivity contribution >= 4 is 31.8 Å². The lowest BCUT2D eigenvalue weighted by atomic mass is 9.99. The number of H-pyrrole nitrogens is 1. The number of fused-ring (bicyclic) bond motifs is 3. The molecule has 5 rings (SSSR count). The topological polar surface area (TPSA) is 93.5 Å². The average Bonchev–Trinajstić information content (AvgIpc) is 3.31. The summed E-state index contributed by atoms with van der Waals surface area (Å²) in [6.45, 7) is 0. The van der Waals surface area contributed by atoms with Crippen molar-refractivity contribution in [3.63, 3.8) is 0 Å². The number of aromatic nitrogens is 5. The lowest BCUT2D eigenvalue weighted by Gasteiger charge is -2.08. The number of benzene rings is 1. The van der Waals surface area contributed by atoms with E-state index in [2.05, 4.69) is 20.1 Å². The largest absolute Gasteiger partial charge is 0.338 e. The number of halogens is 1. The Kier molecular flexibility index (Phi) is 4.37. The van der Waals surface area contributed by atoms with Gasteiger partial charge in [0, 0.05) is 41.4 Å². The molecule has 0 spiro atoms. The zero-order chi connectivity index (χ0) is 21.8. The van der Waals surface area contributed by atoms with Gasteiger partial charge in [-0.3, -0.25) is 9.67 Å². The van der Waals surface area contributed by atoms with Crippen LogP contribution in [0.15, 0.2) is 55.1 Å². The van der Waals surface area contributed by atoms with E-state index in [0.717, 1.165) is 22.2 Å². The first-order valence-electron chi connectivity index (χ1n) is 9.50. The molecule has 0 aliphatic heterocycles. The van der Waals surface area contributed by atoms with Crippen LogP contribution >= 0.6 is 0 Å². The fourth-order valence-electron chi connectivity index (χ4n) is 3.80. The molecule has 0 aliphatic carbocycles. The number of pyridine rings is 2. The molecule has 4 heterocycles. The van der Waals surface area contributed by atoms with Crippen molar-refractivity contribution < 1.29 is 12.8 Å². The Morgan fingerprint density at radius 2 is 1.84 bits per heavy atom. The molecule has 0 atom stereocenters. The van der Waals surface area contributed by atoms with Crippen LogP contribution in [-0.4, -0.2) is 39.4 Å². The maximum Gasteiger partial charge on any atom is 0.151 e. The molecule has 0 saturated carbocycles. The summed E-state index contributed by atoms with van der Waals surface area (Å²) in [5.74, 6) is -0.515. The second kappa shape index (κ2) is 6.98. The maximum absolute atomic E-state index is 15.0. The summed E-state index contributed by atoms with van der Waals surface area (Å²) in [5, 5.41) is 5.64. The molecule has 0 bridgehead atoms. The molecule has 1 aromatic carbocycles. The highest BCUT2D eigenvalue weighted by atomic mass is 32.2. The van der Waals surface area contributed by atoms with Crippen LogP contribution < -0.4 is 0 Å². The Labute approximate surface area is 177 Å². The molecule has 7 nitrogen and oxygen atoms in total. The number of aryl methyl sites for hydroxylation is 1. The number of hydrogen-bond acceptors (Lipinski definition) is 5. The summed E-state index contributed by atoms with van der Waals surface area (Å²) >= 11 is 0. The minimum absolute atomic E-state index is 0.0608. The summed E-state index contributed by atoms with van der Waals surface area (Å²) < 4.78 is 39.8. The van der Waals surface area contributed by atoms with E-state index in [-0.39, 0.29) is 5.75 Å². The van der Waals surface area contributed by atoms with Crippen LogP contribution in [0.4, 0.5) is 4.39 Å². The van der Waals surface area contributed by atoms with Gasteiger partial charge in [-0.15, -0.1) is 0 Å². The molecule has 4 aromatic heterocycles. The third-order valence-corrected chi connectivity index (χ3v) is 5.99. The molecule has 0 unspecified atom stereocenters. The van der Waals surface area contributed by atoms with Crippen molar-refractivity contribution in [2.45, 2.75) is 5.75 Å². The van der Waals surface area contributed by atoms with E-state index in [1.165, 1.54) is 12.5 Å². The van der Waals surface area contributed by atoms with Gasteiger partial charge in [-0.2, -0.15) is 5.10 Å². The number of aromatic amines is 1. The van der Waals surface area contributed by atoms with Crippen molar-refractivity contribution in [3.8, 4) is 22.4 Å². The average molecular weight is 435 g/mol. The lowest BCUT2D eigenvalue weighted by Crippen LogP contribution is -2.00. The van der Waals surface area contributed by atoms with Gasteiger partial charge in [-0.05, 0) is 17.2 Å². The fraction of sp³-hybridized carbons (Fsp3) is 0.136. The number of nitrogens with zero attached hydrogens (tertiary/aromatic N) is 4. The first-order chi connectivity index (χ1) is 14.8. The highest BCUT2D eigenvalue weighted by molar-refractivity contribution is 7.89. The second-order valence-electron chi connectivity index (χ2n) is 7.61. The first kappa shape index (κ1) is 19.4. The maximum atomic E-state index is 15.0. The fourth-order valence-corrected chi connectivity index (χ4v) is 4.60. The summed E-state index contributed by atoms with van der Waals surface area (Å²) in [6.07, 6.45) is 7.67. The van der Waals surface area contributed by atoms with Crippen LogP contribution in [0.3, 0.4) is 0 Å². The van der Waals surface area contributed by atoms with Gasteiger partial charge in [0.25, 0.3) is 0 Å². The Hall–Kier alpha value is -3.59. The van der Waals surface area contributed by atoms with E-state index >= 15 is 4.39 Å². The van der Waals surface area contributed by atoms with E-state index in [1.807, 2.05) is 19.3 Å². The Morgan fingerprint density at radius 1 is 1.06 bits per heavy atom. The zero-order valence-corrected chi connectivity index (χ0v) is 17.6. The van der Waals surface area contributed by atoms with E-state index in [9.17, 15) is 8.42 Å². The Balaban J connectivity index is 1.71. The van der Waals surface area contributed by atoms with Crippen LogP contribution in [0.5, 0.6) is 0 Å². The summed E-state index contributed by atoms with van der Waals surface area (Å²) in [5.41, 5.74) is 4.58. The minimum atomic E-state index is -3.15. The molecule has 156 valence electrons. The van der Waals surface area contributed by atoms with E-state index in [1.54, 1.807) is 41.3 Å². The lowest BCUT2D eigenvalue weighted by molar-refractivity contribution is 0.601. The van der Waals surface area contributed by atoms with Gasteiger partial charge in [0.05, 0.1) is 35.6 Å². The molecular weight excluding hydrogens is 417 g/mol. The molecule has 0 aliphatic rings. The SMILES string of the molecule is Cn1cc(-c2cc3c(cn2)[nH]c2ncc(F)c(-c4ccc(CS(C)(=O)=O)cc4)c23)cn1. The number of nitrogens with one attached hydrogen (secondary N) is 1. The van der Waals surface area contributed by atoms with Crippen LogP contribution in [-0.2, 0) is 22.6 Å². The van der Waals surface area contributed by atoms with Crippen LogP contribution in [0.25, 0.3) is 44.3 Å². The molecule has 31 heavy (non-hydrogen) atoms. The number of rotatable bonds is 4. The van der Waals surface area contributed by atoms with E-state index in [0.29, 0.717) is 27.7 Å². The third kappa shape index (κ3) is 3.57. The molecule has 9 heteroatoms. The molecule has 0 radical (unpaired) electrons. The van der Waals surface area contributed by atoms with Gasteiger partial charge < -0.3 is 4.98 Å². The molecule has 0 amide bonds. The monoisotopic (exact) mass is 435 g/mol. The van der Waals surface area contributed by atoms with Gasteiger partial charge in [0.1, 0.15) is 11.5 Å². The quantitative estimate of drug-likeness (QED) is 0.463. The third-order valence-electron chi connectivity index (χ3n) is 5.13. The summed E-state index contributed by atoms with van der Waals surface area (Å²) in [6, 6.07) is 8.79. The molecule has 5 aromatic rings. The number of hydrogen-bond donors (Lipinski definition) is 1. The van der Waals surface area contributed by atoms with E-state index < -0.39 is 15.7 Å². The Morgan fingerprint density at radius 3 is 2.52 bits per heavy atom. The smallest absolute Gasteiger partial charge is 0.151 e. The van der Waals surface area contributed by atoms with Crippen molar-refractivity contribution in [1.29, 1.82) is 0 Å².